The molecule has 0 N–H and O–H groups in total. The minimum Gasteiger partial charge on any atom is -0.497 e. The first-order valence-corrected chi connectivity index (χ1v) is 13.5. The molecular weight excluding hydrogens is 529 g/mol. The fraction of sp³-hybridized carbons (Fsp3) is 0.467. The summed E-state index contributed by atoms with van der Waals surface area (Å²) >= 11 is 6.34. The maximum atomic E-state index is 14.0. The Labute approximate surface area is 232 Å². The zero-order chi connectivity index (χ0) is 28.5. The molecule has 2 aromatic carbocycles. The Hall–Kier alpha value is -3.00. The lowest BCUT2D eigenvalue weighted by molar-refractivity contribution is -0.173. The van der Waals surface area contributed by atoms with E-state index in [1.54, 1.807) is 26.2 Å². The Balaban J connectivity index is 1.33. The number of hydrogen-bond acceptors (Lipinski definition) is 3. The van der Waals surface area contributed by atoms with Crippen molar-refractivity contribution in [1.82, 2.24) is 9.80 Å². The smallest absolute Gasteiger partial charge is 0.404 e. The van der Waals surface area contributed by atoms with Gasteiger partial charge in [0.25, 0.3) is 5.91 Å². The van der Waals surface area contributed by atoms with Gasteiger partial charge >= 0.3 is 6.18 Å². The van der Waals surface area contributed by atoms with Crippen LogP contribution < -0.4 is 4.74 Å². The van der Waals surface area contributed by atoms with Crippen molar-refractivity contribution in [2.24, 2.45) is 11.3 Å². The van der Waals surface area contributed by atoms with E-state index < -0.39 is 18.0 Å². The summed E-state index contributed by atoms with van der Waals surface area (Å²) in [5.41, 5.74) is 2.45. The largest absolute Gasteiger partial charge is 0.497 e. The molecular formula is C30H34ClF3N2O3. The number of nitrogens with zero attached hydrogens (tertiary/aromatic N) is 2. The number of methoxy groups -OCH3 is 1. The first kappa shape index (κ1) is 29.0. The van der Waals surface area contributed by atoms with Gasteiger partial charge in [-0.3, -0.25) is 9.59 Å². The highest BCUT2D eigenvalue weighted by Crippen LogP contribution is 2.65. The van der Waals surface area contributed by atoms with Gasteiger partial charge in [0.2, 0.25) is 5.91 Å². The van der Waals surface area contributed by atoms with E-state index in [9.17, 15) is 22.8 Å². The van der Waals surface area contributed by atoms with E-state index in [0.29, 0.717) is 29.3 Å². The molecule has 4 rings (SSSR count). The Morgan fingerprint density at radius 3 is 2.46 bits per heavy atom. The molecule has 2 amide bonds. The normalized spacial score (nSPS) is 19.1. The van der Waals surface area contributed by atoms with Crippen LogP contribution in [-0.2, 0) is 11.2 Å². The number of benzene rings is 2. The highest BCUT2D eigenvalue weighted by molar-refractivity contribution is 6.33. The predicted octanol–water partition coefficient (Wildman–Crippen LogP) is 6.51. The van der Waals surface area contributed by atoms with Crippen LogP contribution in [0.15, 0.2) is 54.6 Å². The second kappa shape index (κ2) is 11.2. The first-order chi connectivity index (χ1) is 18.4. The summed E-state index contributed by atoms with van der Waals surface area (Å²) in [6.45, 7) is 4.82. The zero-order valence-corrected chi connectivity index (χ0v) is 23.2. The number of piperidine rings is 1. The number of rotatable bonds is 8. The van der Waals surface area contributed by atoms with Crippen molar-refractivity contribution in [2.45, 2.75) is 44.2 Å². The number of alkyl halides is 3. The molecule has 210 valence electrons. The highest BCUT2D eigenvalue weighted by Gasteiger charge is 2.59. The standard InChI is InChI=1S/C30H34ClF3N2O3/c1-19-24(10-5-7-20-11-12-23(25(31)17-20)27(37)35(2)3)29(19)13-15-36(16-14-29)28(38)26(30(32,33)34)21-8-6-9-22(18-21)39-4/h6,8-9,11-12,17-18,24,26H,1,5,7,10,13-16H2,2-4H3/t24-,26-/m0/s1. The van der Waals surface area contributed by atoms with E-state index in [2.05, 4.69) is 6.58 Å². The summed E-state index contributed by atoms with van der Waals surface area (Å²) < 4.78 is 47.1. The number of allylic oxidation sites excluding steroid dienone is 1. The topological polar surface area (TPSA) is 49.9 Å². The molecule has 0 unspecified atom stereocenters. The summed E-state index contributed by atoms with van der Waals surface area (Å²) in [5, 5.41) is 0.432. The van der Waals surface area contributed by atoms with Gasteiger partial charge in [0.1, 0.15) is 5.75 Å². The fourth-order valence-electron chi connectivity index (χ4n) is 5.93. The summed E-state index contributed by atoms with van der Waals surface area (Å²) in [4.78, 5) is 28.1. The van der Waals surface area contributed by atoms with Crippen molar-refractivity contribution < 1.29 is 27.5 Å². The Bertz CT molecular complexity index is 1250. The molecule has 5 nitrogen and oxygen atoms in total. The molecule has 2 aliphatic rings. The third-order valence-electron chi connectivity index (χ3n) is 8.24. The SMILES string of the molecule is C=C1[C@H](CCCc2ccc(C(=O)N(C)C)c(Cl)c2)C12CCN(C(=O)[C@H](c1cccc(OC)c1)C(F)(F)F)CC2. The number of carbonyl (C=O) groups is 2. The van der Waals surface area contributed by atoms with E-state index in [1.807, 2.05) is 12.1 Å². The van der Waals surface area contributed by atoms with Crippen LogP contribution in [0.25, 0.3) is 0 Å². The minimum atomic E-state index is -4.70. The number of halogens is 4. The van der Waals surface area contributed by atoms with Crippen LogP contribution in [0.2, 0.25) is 5.02 Å². The average molecular weight is 563 g/mol. The lowest BCUT2D eigenvalue weighted by Gasteiger charge is -2.35. The Morgan fingerprint density at radius 1 is 1.18 bits per heavy atom. The molecule has 0 radical (unpaired) electrons. The molecule has 2 aromatic rings. The molecule has 9 heteroatoms. The van der Waals surface area contributed by atoms with Crippen molar-refractivity contribution in [2.75, 3.05) is 34.3 Å². The molecule has 1 aliphatic carbocycles. The lowest BCUT2D eigenvalue weighted by Crippen LogP contribution is -2.45. The van der Waals surface area contributed by atoms with Crippen molar-refractivity contribution in [3.05, 3.63) is 76.3 Å². The fourth-order valence-corrected chi connectivity index (χ4v) is 6.22. The molecule has 0 bridgehead atoms. The maximum Gasteiger partial charge on any atom is 0.404 e. The van der Waals surface area contributed by atoms with Crippen molar-refractivity contribution in [3.63, 3.8) is 0 Å². The molecule has 1 heterocycles. The quantitative estimate of drug-likeness (QED) is 0.344. The van der Waals surface area contributed by atoms with Crippen molar-refractivity contribution in [1.29, 1.82) is 0 Å². The summed E-state index contributed by atoms with van der Waals surface area (Å²) in [6.07, 6.45) is -0.842. The van der Waals surface area contributed by atoms with E-state index >= 15 is 0 Å². The van der Waals surface area contributed by atoms with Gasteiger partial charge in [-0.05, 0) is 73.4 Å². The van der Waals surface area contributed by atoms with Crippen LogP contribution in [0.1, 0.15) is 53.1 Å². The molecule has 1 saturated heterocycles. The van der Waals surface area contributed by atoms with Crippen LogP contribution in [-0.4, -0.2) is 62.1 Å². The summed E-state index contributed by atoms with van der Waals surface area (Å²) in [6, 6.07) is 11.1. The maximum absolute atomic E-state index is 14.0. The number of amides is 2. The van der Waals surface area contributed by atoms with E-state index in [0.717, 1.165) is 30.4 Å². The van der Waals surface area contributed by atoms with E-state index in [4.69, 9.17) is 16.3 Å². The monoisotopic (exact) mass is 562 g/mol. The van der Waals surface area contributed by atoms with Crippen LogP contribution in [0.3, 0.4) is 0 Å². The molecule has 1 spiro atoms. The third-order valence-corrected chi connectivity index (χ3v) is 8.55. The second-order valence-electron chi connectivity index (χ2n) is 10.7. The number of likely N-dealkylation sites (tertiary alicyclic amines) is 1. The van der Waals surface area contributed by atoms with E-state index in [1.165, 1.54) is 35.1 Å². The minimum absolute atomic E-state index is 0.0971. The van der Waals surface area contributed by atoms with Crippen LogP contribution in [0.4, 0.5) is 13.2 Å². The molecule has 39 heavy (non-hydrogen) atoms. The van der Waals surface area contributed by atoms with Gasteiger partial charge in [-0.25, -0.2) is 0 Å². The van der Waals surface area contributed by atoms with Gasteiger partial charge < -0.3 is 14.5 Å². The van der Waals surface area contributed by atoms with Crippen LogP contribution in [0, 0.1) is 11.3 Å². The van der Waals surface area contributed by atoms with Gasteiger partial charge in [-0.2, -0.15) is 13.2 Å². The Morgan fingerprint density at radius 2 is 1.87 bits per heavy atom. The zero-order valence-electron chi connectivity index (χ0n) is 22.5. The highest BCUT2D eigenvalue weighted by atomic mass is 35.5. The van der Waals surface area contributed by atoms with Crippen LogP contribution >= 0.6 is 11.6 Å². The second-order valence-corrected chi connectivity index (χ2v) is 11.1. The van der Waals surface area contributed by atoms with Gasteiger partial charge in [-0.1, -0.05) is 42.0 Å². The van der Waals surface area contributed by atoms with Crippen molar-refractivity contribution >= 4 is 23.4 Å². The molecule has 2 atom stereocenters. The number of carbonyl (C=O) groups excluding carboxylic acids is 2. The molecule has 1 saturated carbocycles. The Kier molecular flexibility index (Phi) is 8.36. The van der Waals surface area contributed by atoms with Gasteiger partial charge in [-0.15, -0.1) is 0 Å². The third kappa shape index (κ3) is 5.96. The van der Waals surface area contributed by atoms with Crippen molar-refractivity contribution in [3.8, 4) is 5.75 Å². The first-order valence-electron chi connectivity index (χ1n) is 13.1. The van der Waals surface area contributed by atoms with Gasteiger partial charge in [0.15, 0.2) is 5.92 Å². The lowest BCUT2D eigenvalue weighted by atomic mass is 9.87. The number of ether oxygens (including phenoxy) is 1. The van der Waals surface area contributed by atoms with Crippen LogP contribution in [0.5, 0.6) is 5.75 Å². The van der Waals surface area contributed by atoms with E-state index in [-0.39, 0.29) is 35.7 Å². The average Bonchev–Trinajstić information content (AvgIpc) is 3.42. The molecule has 2 fully saturated rings. The number of hydrogen-bond donors (Lipinski definition) is 0. The predicted molar refractivity (Wildman–Crippen MR) is 145 cm³/mol. The van der Waals surface area contributed by atoms with Gasteiger partial charge in [0.05, 0.1) is 17.7 Å². The molecule has 1 aliphatic heterocycles. The van der Waals surface area contributed by atoms with Gasteiger partial charge in [0, 0.05) is 32.6 Å². The molecule has 0 aromatic heterocycles. The summed E-state index contributed by atoms with van der Waals surface area (Å²) in [7, 11) is 4.74. The summed E-state index contributed by atoms with van der Waals surface area (Å²) in [5.74, 6) is -2.69. The number of aryl methyl sites for hydroxylation is 1.